The second kappa shape index (κ2) is 5.15. The first-order chi connectivity index (χ1) is 9.63. The van der Waals surface area contributed by atoms with E-state index < -0.39 is 0 Å². The molecule has 0 spiro atoms. The summed E-state index contributed by atoms with van der Waals surface area (Å²) in [5.41, 5.74) is 2.12. The van der Waals surface area contributed by atoms with Gasteiger partial charge >= 0.3 is 0 Å². The van der Waals surface area contributed by atoms with Crippen LogP contribution in [0.5, 0.6) is 0 Å². The van der Waals surface area contributed by atoms with Gasteiger partial charge in [-0.25, -0.2) is 0 Å². The SMILES string of the molecule is CC1Nc2ccc(C(=O)NC3CCCC3)cc2NC1=O. The molecule has 2 amide bonds. The van der Waals surface area contributed by atoms with Gasteiger partial charge in [0.05, 0.1) is 11.4 Å². The molecule has 0 saturated heterocycles. The van der Waals surface area contributed by atoms with Crippen molar-refractivity contribution >= 4 is 23.2 Å². The number of nitrogens with one attached hydrogen (secondary N) is 3. The molecular weight excluding hydrogens is 254 g/mol. The van der Waals surface area contributed by atoms with Crippen molar-refractivity contribution in [3.05, 3.63) is 23.8 Å². The van der Waals surface area contributed by atoms with Crippen LogP contribution in [0.3, 0.4) is 0 Å². The van der Waals surface area contributed by atoms with Crippen molar-refractivity contribution in [1.29, 1.82) is 0 Å². The van der Waals surface area contributed by atoms with E-state index in [9.17, 15) is 9.59 Å². The number of hydrogen-bond acceptors (Lipinski definition) is 3. The molecule has 5 heteroatoms. The molecular formula is C15H19N3O2. The van der Waals surface area contributed by atoms with Crippen molar-refractivity contribution in [2.75, 3.05) is 10.6 Å². The molecule has 106 valence electrons. The average molecular weight is 273 g/mol. The van der Waals surface area contributed by atoms with Crippen molar-refractivity contribution in [2.45, 2.75) is 44.7 Å². The Morgan fingerprint density at radius 3 is 2.75 bits per heavy atom. The van der Waals surface area contributed by atoms with Gasteiger partial charge in [0, 0.05) is 11.6 Å². The van der Waals surface area contributed by atoms with Gasteiger partial charge in [-0.1, -0.05) is 12.8 Å². The van der Waals surface area contributed by atoms with Gasteiger partial charge in [0.25, 0.3) is 5.91 Å². The fourth-order valence-corrected chi connectivity index (χ4v) is 2.79. The van der Waals surface area contributed by atoms with Crippen molar-refractivity contribution < 1.29 is 9.59 Å². The molecule has 0 radical (unpaired) electrons. The molecule has 1 aliphatic carbocycles. The highest BCUT2D eigenvalue weighted by Gasteiger charge is 2.23. The predicted molar refractivity (Wildman–Crippen MR) is 77.9 cm³/mol. The molecule has 1 atom stereocenters. The number of anilines is 2. The molecule has 1 aliphatic heterocycles. The second-order valence-electron chi connectivity index (χ2n) is 5.57. The molecule has 3 rings (SSSR count). The Balaban J connectivity index is 1.76. The maximum Gasteiger partial charge on any atom is 0.251 e. The number of benzene rings is 1. The highest BCUT2D eigenvalue weighted by molar-refractivity contribution is 6.05. The average Bonchev–Trinajstić information content (AvgIpc) is 2.92. The molecule has 1 unspecified atom stereocenters. The molecule has 20 heavy (non-hydrogen) atoms. The number of hydrogen-bond donors (Lipinski definition) is 3. The minimum atomic E-state index is -0.249. The van der Waals surface area contributed by atoms with E-state index in [2.05, 4.69) is 16.0 Å². The minimum Gasteiger partial charge on any atom is -0.372 e. The summed E-state index contributed by atoms with van der Waals surface area (Å²) in [4.78, 5) is 23.8. The molecule has 0 aromatic heterocycles. The van der Waals surface area contributed by atoms with E-state index >= 15 is 0 Å². The highest BCUT2D eigenvalue weighted by Crippen LogP contribution is 2.28. The van der Waals surface area contributed by atoms with Crippen LogP contribution < -0.4 is 16.0 Å². The van der Waals surface area contributed by atoms with Gasteiger partial charge < -0.3 is 16.0 Å². The summed E-state index contributed by atoms with van der Waals surface area (Å²) in [6.45, 7) is 1.80. The van der Waals surface area contributed by atoms with E-state index in [-0.39, 0.29) is 17.9 Å². The molecule has 1 aromatic rings. The zero-order valence-electron chi connectivity index (χ0n) is 11.5. The van der Waals surface area contributed by atoms with Crippen molar-refractivity contribution in [1.82, 2.24) is 5.32 Å². The normalized spacial score (nSPS) is 21.9. The Bertz CT molecular complexity index is 550. The van der Waals surface area contributed by atoms with Crippen LogP contribution in [0.2, 0.25) is 0 Å². The van der Waals surface area contributed by atoms with Gasteiger partial charge in [-0.15, -0.1) is 0 Å². The van der Waals surface area contributed by atoms with Gasteiger partial charge in [-0.2, -0.15) is 0 Å². The standard InChI is InChI=1S/C15H19N3O2/c1-9-14(19)18-13-8-10(6-7-12(13)16-9)15(20)17-11-4-2-3-5-11/h6-9,11,16H,2-5H2,1H3,(H,17,20)(H,18,19). The summed E-state index contributed by atoms with van der Waals surface area (Å²) < 4.78 is 0. The van der Waals surface area contributed by atoms with E-state index in [0.717, 1.165) is 18.5 Å². The molecule has 0 bridgehead atoms. The van der Waals surface area contributed by atoms with E-state index in [1.54, 1.807) is 19.1 Å². The van der Waals surface area contributed by atoms with Gasteiger partial charge in [0.15, 0.2) is 0 Å². The third kappa shape index (κ3) is 2.48. The maximum atomic E-state index is 12.2. The number of amides is 2. The number of carbonyl (C=O) groups excluding carboxylic acids is 2. The van der Waals surface area contributed by atoms with Crippen LogP contribution in [0.1, 0.15) is 43.0 Å². The van der Waals surface area contributed by atoms with Gasteiger partial charge in [0.2, 0.25) is 5.91 Å². The summed E-state index contributed by atoms with van der Waals surface area (Å²) in [5.74, 6) is -0.140. The molecule has 1 saturated carbocycles. The molecule has 3 N–H and O–H groups in total. The number of carbonyl (C=O) groups is 2. The fourth-order valence-electron chi connectivity index (χ4n) is 2.79. The van der Waals surface area contributed by atoms with E-state index in [1.165, 1.54) is 12.8 Å². The summed E-state index contributed by atoms with van der Waals surface area (Å²) in [5, 5.41) is 8.97. The molecule has 5 nitrogen and oxygen atoms in total. The van der Waals surface area contributed by atoms with Crippen LogP contribution in [0.4, 0.5) is 11.4 Å². The first kappa shape index (κ1) is 13.0. The maximum absolute atomic E-state index is 12.2. The quantitative estimate of drug-likeness (QED) is 0.773. The van der Waals surface area contributed by atoms with Gasteiger partial charge in [-0.3, -0.25) is 9.59 Å². The van der Waals surface area contributed by atoms with Crippen LogP contribution in [-0.4, -0.2) is 23.9 Å². The van der Waals surface area contributed by atoms with Crippen LogP contribution in [0.15, 0.2) is 18.2 Å². The largest absolute Gasteiger partial charge is 0.372 e. The Morgan fingerprint density at radius 1 is 1.25 bits per heavy atom. The Hall–Kier alpha value is -2.04. The zero-order chi connectivity index (χ0) is 14.1. The summed E-state index contributed by atoms with van der Waals surface area (Å²) in [7, 11) is 0. The lowest BCUT2D eigenvalue weighted by molar-refractivity contribution is -0.116. The molecule has 2 aliphatic rings. The Labute approximate surface area is 118 Å². The van der Waals surface area contributed by atoms with E-state index in [4.69, 9.17) is 0 Å². The molecule has 1 heterocycles. The third-order valence-corrected chi connectivity index (χ3v) is 4.00. The van der Waals surface area contributed by atoms with Crippen molar-refractivity contribution in [3.63, 3.8) is 0 Å². The fraction of sp³-hybridized carbons (Fsp3) is 0.467. The first-order valence-corrected chi connectivity index (χ1v) is 7.16. The van der Waals surface area contributed by atoms with E-state index in [0.29, 0.717) is 17.3 Å². The van der Waals surface area contributed by atoms with Crippen LogP contribution in [0, 0.1) is 0 Å². The third-order valence-electron chi connectivity index (χ3n) is 4.00. The van der Waals surface area contributed by atoms with Crippen molar-refractivity contribution in [2.24, 2.45) is 0 Å². The van der Waals surface area contributed by atoms with Crippen LogP contribution in [-0.2, 0) is 4.79 Å². The lowest BCUT2D eigenvalue weighted by Gasteiger charge is -2.24. The number of rotatable bonds is 2. The Kier molecular flexibility index (Phi) is 3.34. The summed E-state index contributed by atoms with van der Waals surface area (Å²) in [6.07, 6.45) is 4.50. The topological polar surface area (TPSA) is 70.2 Å². The monoisotopic (exact) mass is 273 g/mol. The smallest absolute Gasteiger partial charge is 0.251 e. The second-order valence-corrected chi connectivity index (χ2v) is 5.57. The van der Waals surface area contributed by atoms with E-state index in [1.807, 2.05) is 6.07 Å². The predicted octanol–water partition coefficient (Wildman–Crippen LogP) is 2.11. The Morgan fingerprint density at radius 2 is 2.00 bits per heavy atom. The van der Waals surface area contributed by atoms with Crippen LogP contribution >= 0.6 is 0 Å². The molecule has 1 fully saturated rings. The van der Waals surface area contributed by atoms with Crippen LogP contribution in [0.25, 0.3) is 0 Å². The van der Waals surface area contributed by atoms with Gasteiger partial charge in [-0.05, 0) is 38.0 Å². The summed E-state index contributed by atoms with van der Waals surface area (Å²) in [6, 6.07) is 5.41. The van der Waals surface area contributed by atoms with Crippen molar-refractivity contribution in [3.8, 4) is 0 Å². The first-order valence-electron chi connectivity index (χ1n) is 7.16. The molecule has 1 aromatic carbocycles. The number of fused-ring (bicyclic) bond motifs is 1. The zero-order valence-corrected chi connectivity index (χ0v) is 11.5. The van der Waals surface area contributed by atoms with Gasteiger partial charge in [0.1, 0.15) is 6.04 Å². The summed E-state index contributed by atoms with van der Waals surface area (Å²) >= 11 is 0. The lowest BCUT2D eigenvalue weighted by atomic mass is 10.1. The highest BCUT2D eigenvalue weighted by atomic mass is 16.2. The minimum absolute atomic E-state index is 0.0624. The lowest BCUT2D eigenvalue weighted by Crippen LogP contribution is -2.37.